The van der Waals surface area contributed by atoms with Crippen LogP contribution in [-0.2, 0) is 0 Å². The van der Waals surface area contributed by atoms with Gasteiger partial charge in [-0.25, -0.2) is 4.98 Å². The van der Waals surface area contributed by atoms with Crippen molar-refractivity contribution in [2.24, 2.45) is 0 Å². The fourth-order valence-electron chi connectivity index (χ4n) is 1.43. The molecule has 0 radical (unpaired) electrons. The number of pyridine rings is 1. The van der Waals surface area contributed by atoms with Crippen molar-refractivity contribution in [1.82, 2.24) is 10.3 Å². The summed E-state index contributed by atoms with van der Waals surface area (Å²) in [5, 5.41) is 3.32. The molecule has 1 aliphatic rings. The van der Waals surface area contributed by atoms with E-state index >= 15 is 0 Å². The van der Waals surface area contributed by atoms with Crippen LogP contribution >= 0.6 is 0 Å². The average molecular weight is 165 g/mol. The van der Waals surface area contributed by atoms with Crippen molar-refractivity contribution in [3.05, 3.63) is 24.4 Å². The highest BCUT2D eigenvalue weighted by Crippen LogP contribution is 2.08. The van der Waals surface area contributed by atoms with Gasteiger partial charge in [0.25, 0.3) is 0 Å². The molecule has 1 aromatic heterocycles. The molecule has 0 aromatic carbocycles. The van der Waals surface area contributed by atoms with Gasteiger partial charge in [-0.15, -0.1) is 0 Å². The van der Waals surface area contributed by atoms with Crippen molar-refractivity contribution in [3.63, 3.8) is 0 Å². The number of piperazine rings is 1. The molecule has 2 heterocycles. The monoisotopic (exact) mass is 165 g/mol. The van der Waals surface area contributed by atoms with E-state index in [1.807, 2.05) is 18.3 Å². The second-order valence-electron chi connectivity index (χ2n) is 2.92. The average Bonchev–Trinajstić information content (AvgIpc) is 2.21. The molecule has 1 fully saturated rings. The predicted octanol–water partition coefficient (Wildman–Crippen LogP) is 0.737. The fraction of sp³-hybridized carbons (Fsp3) is 0.444. The zero-order valence-corrected chi connectivity index (χ0v) is 7.03. The van der Waals surface area contributed by atoms with Gasteiger partial charge in [0.2, 0.25) is 0 Å². The van der Waals surface area contributed by atoms with Crippen LogP contribution in [-0.4, -0.2) is 31.2 Å². The Morgan fingerprint density at radius 3 is 2.83 bits per heavy atom. The van der Waals surface area contributed by atoms with Gasteiger partial charge in [0.15, 0.2) is 0 Å². The molecule has 1 aromatic rings. The van der Waals surface area contributed by atoms with E-state index in [0.29, 0.717) is 0 Å². The third-order valence-corrected chi connectivity index (χ3v) is 2.09. The summed E-state index contributed by atoms with van der Waals surface area (Å²) in [7, 11) is 0. The van der Waals surface area contributed by atoms with Gasteiger partial charge in [-0.2, -0.15) is 0 Å². The topological polar surface area (TPSA) is 28.2 Å². The first-order chi connectivity index (χ1) is 5.97. The van der Waals surface area contributed by atoms with Gasteiger partial charge in [-0.05, 0) is 12.1 Å². The Morgan fingerprint density at radius 1 is 1.33 bits per heavy atom. The van der Waals surface area contributed by atoms with Crippen molar-refractivity contribution in [3.8, 4) is 0 Å². The van der Waals surface area contributed by atoms with Crippen LogP contribution in [0.3, 0.4) is 0 Å². The highest BCUT2D eigenvalue weighted by molar-refractivity contribution is 5.38. The number of hydrogen-bond donors (Lipinski definition) is 1. The number of nitrogens with one attached hydrogen (secondary N) is 1. The zero-order valence-electron chi connectivity index (χ0n) is 7.03. The molecule has 1 aliphatic heterocycles. The van der Waals surface area contributed by atoms with Gasteiger partial charge in [-0.1, -0.05) is 6.07 Å². The summed E-state index contributed by atoms with van der Waals surface area (Å²) in [4.78, 5) is 6.60. The van der Waals surface area contributed by atoms with Crippen LogP contribution in [0.5, 0.6) is 0 Å². The van der Waals surface area contributed by atoms with Crippen molar-refractivity contribution in [2.75, 3.05) is 31.1 Å². The molecule has 0 amide bonds. The van der Waals surface area contributed by atoms with E-state index in [1.165, 1.54) is 0 Å². The van der Waals surface area contributed by atoms with E-state index in [4.69, 9.17) is 0 Å². The molecule has 2 rings (SSSR count). The maximum absolute atomic E-state index is 4.30. The minimum absolute atomic E-state index is 0. The molecular formula is C9H15N3. The van der Waals surface area contributed by atoms with Crippen molar-refractivity contribution in [1.29, 1.82) is 0 Å². The molecule has 1 N–H and O–H groups in total. The van der Waals surface area contributed by atoms with E-state index in [2.05, 4.69) is 21.3 Å². The largest absolute Gasteiger partial charge is 0.354 e. The molecule has 0 unspecified atom stereocenters. The second-order valence-corrected chi connectivity index (χ2v) is 2.92. The Balaban J connectivity index is 0.000000845. The first-order valence-electron chi connectivity index (χ1n) is 4.33. The van der Waals surface area contributed by atoms with E-state index in [1.54, 1.807) is 0 Å². The molecule has 0 saturated carbocycles. The lowest BCUT2D eigenvalue weighted by atomic mass is 10.3. The lowest BCUT2D eigenvalue weighted by molar-refractivity contribution is 0.585. The lowest BCUT2D eigenvalue weighted by Crippen LogP contribution is -2.43. The van der Waals surface area contributed by atoms with Crippen LogP contribution in [0.25, 0.3) is 0 Å². The molecule has 66 valence electrons. The van der Waals surface area contributed by atoms with Gasteiger partial charge in [-0.3, -0.25) is 0 Å². The summed E-state index contributed by atoms with van der Waals surface area (Å²) < 4.78 is 0. The Labute approximate surface area is 73.9 Å². The molecule has 12 heavy (non-hydrogen) atoms. The smallest absolute Gasteiger partial charge is 0.128 e. The van der Waals surface area contributed by atoms with Gasteiger partial charge in [0, 0.05) is 33.8 Å². The van der Waals surface area contributed by atoms with Crippen LogP contribution in [0.2, 0.25) is 0 Å². The maximum Gasteiger partial charge on any atom is 0.128 e. The first kappa shape index (κ1) is 7.55. The van der Waals surface area contributed by atoms with Gasteiger partial charge >= 0.3 is 0 Å². The fourth-order valence-corrected chi connectivity index (χ4v) is 1.43. The van der Waals surface area contributed by atoms with E-state index in [9.17, 15) is 0 Å². The minimum atomic E-state index is 0. The van der Waals surface area contributed by atoms with E-state index in [-0.39, 0.29) is 1.43 Å². The normalized spacial score (nSPS) is 17.8. The number of rotatable bonds is 1. The lowest BCUT2D eigenvalue weighted by Gasteiger charge is -2.28. The number of anilines is 1. The van der Waals surface area contributed by atoms with Crippen molar-refractivity contribution in [2.45, 2.75) is 0 Å². The molecule has 1 saturated heterocycles. The summed E-state index contributed by atoms with van der Waals surface area (Å²) in [6.07, 6.45) is 1.84. The van der Waals surface area contributed by atoms with Crippen LogP contribution in [0.15, 0.2) is 24.4 Å². The SMILES string of the molecule is [HH].c1ccc(N2CCNCC2)nc1. The first-order valence-corrected chi connectivity index (χ1v) is 4.33. The third kappa shape index (κ3) is 1.56. The Morgan fingerprint density at radius 2 is 2.17 bits per heavy atom. The molecule has 3 heteroatoms. The van der Waals surface area contributed by atoms with Crippen LogP contribution in [0.1, 0.15) is 1.43 Å². The summed E-state index contributed by atoms with van der Waals surface area (Å²) in [6, 6.07) is 6.04. The molecule has 0 spiro atoms. The second kappa shape index (κ2) is 3.54. The quantitative estimate of drug-likeness (QED) is 0.665. The van der Waals surface area contributed by atoms with E-state index < -0.39 is 0 Å². The summed E-state index contributed by atoms with van der Waals surface area (Å²) in [5.74, 6) is 1.10. The highest BCUT2D eigenvalue weighted by Gasteiger charge is 2.09. The Hall–Kier alpha value is -1.09. The predicted molar refractivity (Wildman–Crippen MR) is 51.4 cm³/mol. The van der Waals surface area contributed by atoms with Gasteiger partial charge < -0.3 is 10.2 Å². The summed E-state index contributed by atoms with van der Waals surface area (Å²) in [5.41, 5.74) is 0. The van der Waals surface area contributed by atoms with Crippen LogP contribution < -0.4 is 10.2 Å². The highest BCUT2D eigenvalue weighted by atomic mass is 15.2. The maximum atomic E-state index is 4.30. The standard InChI is InChI=1S/C9H13N3.H2/c1-2-4-11-9(3-1)12-7-5-10-6-8-12;/h1-4,10H,5-8H2;1H. The summed E-state index contributed by atoms with van der Waals surface area (Å²) >= 11 is 0. The molecular weight excluding hydrogens is 150 g/mol. The molecule has 0 atom stereocenters. The third-order valence-electron chi connectivity index (χ3n) is 2.09. The number of nitrogens with zero attached hydrogens (tertiary/aromatic N) is 2. The van der Waals surface area contributed by atoms with E-state index in [0.717, 1.165) is 32.0 Å². The van der Waals surface area contributed by atoms with Crippen molar-refractivity contribution < 1.29 is 1.43 Å². The Bertz CT molecular complexity index is 234. The number of aromatic nitrogens is 1. The number of hydrogen-bond acceptors (Lipinski definition) is 3. The van der Waals surface area contributed by atoms with Crippen molar-refractivity contribution >= 4 is 5.82 Å². The molecule has 0 aliphatic carbocycles. The van der Waals surface area contributed by atoms with Gasteiger partial charge in [0.05, 0.1) is 0 Å². The Kier molecular flexibility index (Phi) is 2.23. The molecule has 0 bridgehead atoms. The van der Waals surface area contributed by atoms with Crippen LogP contribution in [0.4, 0.5) is 5.82 Å². The minimum Gasteiger partial charge on any atom is -0.354 e. The summed E-state index contributed by atoms with van der Waals surface area (Å²) in [6.45, 7) is 4.27. The van der Waals surface area contributed by atoms with Crippen LogP contribution in [0, 0.1) is 0 Å². The zero-order chi connectivity index (χ0) is 8.23. The molecule has 3 nitrogen and oxygen atoms in total. The van der Waals surface area contributed by atoms with Gasteiger partial charge in [0.1, 0.15) is 5.82 Å².